The first-order chi connectivity index (χ1) is 11.2. The number of halogens is 1. The molecule has 4 rings (SSSR count). The minimum absolute atomic E-state index is 0.365. The number of aromatic nitrogens is 4. The Morgan fingerprint density at radius 1 is 1.22 bits per heavy atom. The Balaban J connectivity index is 1.61. The van der Waals surface area contributed by atoms with Gasteiger partial charge in [0, 0.05) is 54.4 Å². The molecule has 1 fully saturated rings. The van der Waals surface area contributed by atoms with Crippen molar-refractivity contribution in [2.24, 2.45) is 0 Å². The molecule has 1 atom stereocenters. The van der Waals surface area contributed by atoms with Crippen LogP contribution < -0.4 is 9.80 Å². The predicted molar refractivity (Wildman–Crippen MR) is 93.9 cm³/mol. The van der Waals surface area contributed by atoms with Gasteiger partial charge in [0.15, 0.2) is 5.82 Å². The number of rotatable bonds is 2. The van der Waals surface area contributed by atoms with E-state index in [1.807, 2.05) is 23.1 Å². The zero-order valence-corrected chi connectivity index (χ0v) is 14.4. The molecule has 118 valence electrons. The van der Waals surface area contributed by atoms with Gasteiger partial charge in [-0.25, -0.2) is 9.50 Å². The number of hydrogen-bond acceptors (Lipinski definition) is 5. The van der Waals surface area contributed by atoms with E-state index in [0.29, 0.717) is 6.04 Å². The fraction of sp³-hybridized carbons (Fsp3) is 0.312. The van der Waals surface area contributed by atoms with E-state index in [1.165, 1.54) is 5.69 Å². The summed E-state index contributed by atoms with van der Waals surface area (Å²) >= 11 is 3.52. The van der Waals surface area contributed by atoms with Crippen LogP contribution in [0.4, 0.5) is 11.5 Å². The Hall–Kier alpha value is -2.15. The standard InChI is InChI=1S/C16H17BrN6/c1-12-9-21(14-2-4-18-5-3-14)6-7-22(12)16-15-8-13(17)10-23(15)20-11-19-16/h2-5,8,10-12H,6-7,9H2,1H3. The molecule has 6 nitrogen and oxygen atoms in total. The lowest BCUT2D eigenvalue weighted by molar-refractivity contribution is 0.545. The zero-order chi connectivity index (χ0) is 15.8. The number of pyridine rings is 1. The number of anilines is 2. The van der Waals surface area contributed by atoms with E-state index in [4.69, 9.17) is 0 Å². The summed E-state index contributed by atoms with van der Waals surface area (Å²) in [7, 11) is 0. The lowest BCUT2D eigenvalue weighted by atomic mass is 10.1. The molecule has 0 N–H and O–H groups in total. The molecule has 0 radical (unpaired) electrons. The van der Waals surface area contributed by atoms with Crippen LogP contribution in [0.5, 0.6) is 0 Å². The summed E-state index contributed by atoms with van der Waals surface area (Å²) in [6.07, 6.45) is 7.27. The van der Waals surface area contributed by atoms with Gasteiger partial charge in [-0.3, -0.25) is 4.98 Å². The van der Waals surface area contributed by atoms with Gasteiger partial charge in [-0.1, -0.05) is 0 Å². The maximum Gasteiger partial charge on any atom is 0.156 e. The summed E-state index contributed by atoms with van der Waals surface area (Å²) in [6, 6.07) is 6.56. The van der Waals surface area contributed by atoms with E-state index in [9.17, 15) is 0 Å². The molecule has 0 aliphatic carbocycles. The summed E-state index contributed by atoms with van der Waals surface area (Å²) in [4.78, 5) is 13.4. The van der Waals surface area contributed by atoms with Gasteiger partial charge in [0.1, 0.15) is 11.8 Å². The van der Waals surface area contributed by atoms with Crippen molar-refractivity contribution >= 4 is 33.0 Å². The van der Waals surface area contributed by atoms with E-state index in [0.717, 1.165) is 35.4 Å². The van der Waals surface area contributed by atoms with E-state index in [2.05, 4.69) is 65.9 Å². The highest BCUT2D eigenvalue weighted by atomic mass is 79.9. The molecule has 1 unspecified atom stereocenters. The molecule has 1 saturated heterocycles. The van der Waals surface area contributed by atoms with Crippen molar-refractivity contribution in [3.8, 4) is 0 Å². The summed E-state index contributed by atoms with van der Waals surface area (Å²) < 4.78 is 2.89. The van der Waals surface area contributed by atoms with Crippen LogP contribution in [0, 0.1) is 0 Å². The van der Waals surface area contributed by atoms with Crippen LogP contribution in [0.2, 0.25) is 0 Å². The largest absolute Gasteiger partial charge is 0.368 e. The summed E-state index contributed by atoms with van der Waals surface area (Å²) in [5.74, 6) is 0.993. The van der Waals surface area contributed by atoms with Gasteiger partial charge in [0.05, 0.1) is 0 Å². The minimum Gasteiger partial charge on any atom is -0.368 e. The van der Waals surface area contributed by atoms with Crippen LogP contribution in [0.1, 0.15) is 6.92 Å². The summed E-state index contributed by atoms with van der Waals surface area (Å²) in [6.45, 7) is 5.09. The molecule has 23 heavy (non-hydrogen) atoms. The van der Waals surface area contributed by atoms with Gasteiger partial charge in [0.25, 0.3) is 0 Å². The van der Waals surface area contributed by atoms with Crippen molar-refractivity contribution in [1.82, 2.24) is 19.6 Å². The van der Waals surface area contributed by atoms with E-state index in [1.54, 1.807) is 6.33 Å². The zero-order valence-electron chi connectivity index (χ0n) is 12.8. The van der Waals surface area contributed by atoms with Gasteiger partial charge < -0.3 is 9.80 Å². The molecule has 7 heteroatoms. The van der Waals surface area contributed by atoms with Crippen LogP contribution >= 0.6 is 15.9 Å². The second-order valence-corrected chi connectivity index (χ2v) is 6.68. The average Bonchev–Trinajstić information content (AvgIpc) is 2.96. The topological polar surface area (TPSA) is 49.6 Å². The first-order valence-electron chi connectivity index (χ1n) is 7.63. The maximum atomic E-state index is 4.54. The van der Waals surface area contributed by atoms with Gasteiger partial charge in [-0.15, -0.1) is 0 Å². The average molecular weight is 373 g/mol. The molecule has 0 bridgehead atoms. The van der Waals surface area contributed by atoms with Crippen LogP contribution in [0.15, 0.2) is 47.6 Å². The van der Waals surface area contributed by atoms with Gasteiger partial charge >= 0.3 is 0 Å². The minimum atomic E-state index is 0.365. The first-order valence-corrected chi connectivity index (χ1v) is 8.42. The third kappa shape index (κ3) is 2.65. The van der Waals surface area contributed by atoms with Crippen LogP contribution in [0.25, 0.3) is 5.52 Å². The second kappa shape index (κ2) is 5.81. The number of fused-ring (bicyclic) bond motifs is 1. The molecule has 0 spiro atoms. The van der Waals surface area contributed by atoms with E-state index in [-0.39, 0.29) is 0 Å². The fourth-order valence-corrected chi connectivity index (χ4v) is 3.58. The van der Waals surface area contributed by atoms with E-state index < -0.39 is 0 Å². The molecule has 3 aromatic rings. The number of nitrogens with zero attached hydrogens (tertiary/aromatic N) is 6. The van der Waals surface area contributed by atoms with Crippen molar-refractivity contribution in [2.45, 2.75) is 13.0 Å². The predicted octanol–water partition coefficient (Wildman–Crippen LogP) is 2.60. The molecular formula is C16H17BrN6. The van der Waals surface area contributed by atoms with Crippen molar-refractivity contribution < 1.29 is 0 Å². The Morgan fingerprint density at radius 2 is 2.04 bits per heavy atom. The fourth-order valence-electron chi connectivity index (χ4n) is 3.17. The third-order valence-corrected chi connectivity index (χ3v) is 4.71. The normalized spacial score (nSPS) is 18.6. The molecule has 4 heterocycles. The molecule has 0 aromatic carbocycles. The van der Waals surface area contributed by atoms with Crippen molar-refractivity contribution in [3.63, 3.8) is 0 Å². The third-order valence-electron chi connectivity index (χ3n) is 4.28. The monoisotopic (exact) mass is 372 g/mol. The van der Waals surface area contributed by atoms with Gasteiger partial charge in [-0.2, -0.15) is 5.10 Å². The Morgan fingerprint density at radius 3 is 2.83 bits per heavy atom. The lowest BCUT2D eigenvalue weighted by Gasteiger charge is -2.41. The molecule has 1 aliphatic heterocycles. The van der Waals surface area contributed by atoms with Crippen molar-refractivity contribution in [3.05, 3.63) is 47.6 Å². The Bertz CT molecular complexity index is 818. The molecule has 1 aliphatic rings. The first kappa shape index (κ1) is 14.4. The molecule has 0 saturated carbocycles. The smallest absolute Gasteiger partial charge is 0.156 e. The molecule has 3 aromatic heterocycles. The molecule has 0 amide bonds. The maximum absolute atomic E-state index is 4.54. The highest BCUT2D eigenvalue weighted by Crippen LogP contribution is 2.27. The highest BCUT2D eigenvalue weighted by molar-refractivity contribution is 9.10. The van der Waals surface area contributed by atoms with Crippen molar-refractivity contribution in [2.75, 3.05) is 29.4 Å². The molecular weight excluding hydrogens is 356 g/mol. The second-order valence-electron chi connectivity index (χ2n) is 5.77. The lowest BCUT2D eigenvalue weighted by Crippen LogP contribution is -2.52. The van der Waals surface area contributed by atoms with Gasteiger partial charge in [0.2, 0.25) is 0 Å². The number of hydrogen-bond donors (Lipinski definition) is 0. The van der Waals surface area contributed by atoms with Crippen molar-refractivity contribution in [1.29, 1.82) is 0 Å². The van der Waals surface area contributed by atoms with E-state index >= 15 is 0 Å². The summed E-state index contributed by atoms with van der Waals surface area (Å²) in [5, 5.41) is 4.28. The highest BCUT2D eigenvalue weighted by Gasteiger charge is 2.26. The number of piperazine rings is 1. The van der Waals surface area contributed by atoms with Crippen LogP contribution in [0.3, 0.4) is 0 Å². The SMILES string of the molecule is CC1CN(c2ccncc2)CCN1c1ncnn2cc(Br)cc12. The Kier molecular flexibility index (Phi) is 3.65. The van der Waals surface area contributed by atoms with Crippen LogP contribution in [-0.4, -0.2) is 45.3 Å². The summed E-state index contributed by atoms with van der Waals surface area (Å²) in [5.41, 5.74) is 2.26. The van der Waals surface area contributed by atoms with Gasteiger partial charge in [-0.05, 0) is 41.1 Å². The van der Waals surface area contributed by atoms with Crippen LogP contribution in [-0.2, 0) is 0 Å². The quantitative estimate of drug-likeness (QED) is 0.691. The Labute approximate surface area is 142 Å².